The summed E-state index contributed by atoms with van der Waals surface area (Å²) in [5.41, 5.74) is 1.65. The Bertz CT molecular complexity index is 467. The lowest BCUT2D eigenvalue weighted by Gasteiger charge is -2.30. The molecule has 0 amide bonds. The van der Waals surface area contributed by atoms with Crippen LogP contribution in [0.1, 0.15) is 18.9 Å². The van der Waals surface area contributed by atoms with Crippen molar-refractivity contribution in [3.05, 3.63) is 28.8 Å². The van der Waals surface area contributed by atoms with Crippen molar-refractivity contribution in [2.45, 2.75) is 19.4 Å². The lowest BCUT2D eigenvalue weighted by atomic mass is 10.1. The van der Waals surface area contributed by atoms with Crippen LogP contribution in [0.4, 0.5) is 5.69 Å². The van der Waals surface area contributed by atoms with Crippen LogP contribution in [0, 0.1) is 11.3 Å². The van der Waals surface area contributed by atoms with Crippen molar-refractivity contribution in [1.82, 2.24) is 4.90 Å². The highest BCUT2D eigenvalue weighted by Gasteiger charge is 2.20. The summed E-state index contributed by atoms with van der Waals surface area (Å²) >= 11 is 6.11. The normalized spacial score (nSPS) is 21.4. The molecule has 0 saturated carbocycles. The lowest BCUT2D eigenvalue weighted by molar-refractivity contribution is 0.337. The fraction of sp³-hybridized carbons (Fsp3) is 0.500. The molecule has 0 aromatic heterocycles. The van der Waals surface area contributed by atoms with Gasteiger partial charge in [-0.05, 0) is 45.1 Å². The van der Waals surface area contributed by atoms with E-state index in [2.05, 4.69) is 29.8 Å². The molecule has 0 N–H and O–H groups in total. The molecule has 2 rings (SSSR count). The number of likely N-dealkylation sites (N-methyl/N-ethyl adjacent to an activating group) is 1. The molecule has 0 aliphatic carbocycles. The van der Waals surface area contributed by atoms with E-state index in [9.17, 15) is 0 Å². The minimum absolute atomic E-state index is 0.460. The first-order valence-electron chi connectivity index (χ1n) is 6.26. The smallest absolute Gasteiger partial charge is 0.101 e. The fourth-order valence-corrected chi connectivity index (χ4v) is 2.75. The predicted molar refractivity (Wildman–Crippen MR) is 75.1 cm³/mol. The van der Waals surface area contributed by atoms with Crippen LogP contribution in [-0.4, -0.2) is 37.6 Å². The molecule has 1 saturated heterocycles. The molecule has 1 atom stereocenters. The highest BCUT2D eigenvalue weighted by Crippen LogP contribution is 2.26. The number of nitrogens with zero attached hydrogens (tertiary/aromatic N) is 3. The van der Waals surface area contributed by atoms with Crippen LogP contribution in [0.15, 0.2) is 18.2 Å². The van der Waals surface area contributed by atoms with Crippen molar-refractivity contribution in [3.8, 4) is 6.07 Å². The van der Waals surface area contributed by atoms with E-state index in [-0.39, 0.29) is 0 Å². The van der Waals surface area contributed by atoms with Gasteiger partial charge in [0.25, 0.3) is 0 Å². The van der Waals surface area contributed by atoms with Gasteiger partial charge in [0.15, 0.2) is 0 Å². The van der Waals surface area contributed by atoms with Crippen molar-refractivity contribution in [2.75, 3.05) is 31.6 Å². The van der Waals surface area contributed by atoms with Crippen molar-refractivity contribution >= 4 is 17.3 Å². The Kier molecular flexibility index (Phi) is 4.11. The minimum atomic E-state index is 0.460. The van der Waals surface area contributed by atoms with E-state index in [4.69, 9.17) is 16.9 Å². The van der Waals surface area contributed by atoms with E-state index in [0.717, 1.165) is 31.7 Å². The van der Waals surface area contributed by atoms with Crippen LogP contribution in [-0.2, 0) is 0 Å². The van der Waals surface area contributed by atoms with E-state index in [1.54, 1.807) is 6.07 Å². The first-order valence-corrected chi connectivity index (χ1v) is 6.64. The van der Waals surface area contributed by atoms with Gasteiger partial charge in [-0.15, -0.1) is 0 Å². The Hall–Kier alpha value is -1.24. The third kappa shape index (κ3) is 2.77. The summed E-state index contributed by atoms with van der Waals surface area (Å²) in [4.78, 5) is 4.73. The minimum Gasteiger partial charge on any atom is -0.367 e. The number of nitriles is 1. The van der Waals surface area contributed by atoms with Crippen LogP contribution in [0.5, 0.6) is 0 Å². The highest BCUT2D eigenvalue weighted by atomic mass is 35.5. The van der Waals surface area contributed by atoms with Crippen molar-refractivity contribution in [1.29, 1.82) is 5.26 Å². The SMILES string of the molecule is CC1CN(C)CCCN1c1ccc(C#N)c(Cl)c1. The lowest BCUT2D eigenvalue weighted by Crippen LogP contribution is -2.37. The molecule has 1 aromatic rings. The van der Waals surface area contributed by atoms with Crippen molar-refractivity contribution in [2.24, 2.45) is 0 Å². The predicted octanol–water partition coefficient (Wildman–Crippen LogP) is 2.74. The molecule has 1 fully saturated rings. The van der Waals surface area contributed by atoms with Crippen LogP contribution in [0.3, 0.4) is 0 Å². The summed E-state index contributed by atoms with van der Waals surface area (Å²) in [5.74, 6) is 0. The number of anilines is 1. The second kappa shape index (κ2) is 5.60. The second-order valence-corrected chi connectivity index (χ2v) is 5.34. The number of hydrogen-bond acceptors (Lipinski definition) is 3. The highest BCUT2D eigenvalue weighted by molar-refractivity contribution is 6.32. The van der Waals surface area contributed by atoms with E-state index < -0.39 is 0 Å². The zero-order valence-corrected chi connectivity index (χ0v) is 11.6. The molecule has 0 bridgehead atoms. The summed E-state index contributed by atoms with van der Waals surface area (Å²) in [6, 6.07) is 8.26. The van der Waals surface area contributed by atoms with Gasteiger partial charge in [-0.1, -0.05) is 11.6 Å². The van der Waals surface area contributed by atoms with Gasteiger partial charge in [-0.3, -0.25) is 0 Å². The molecule has 1 unspecified atom stereocenters. The Labute approximate surface area is 114 Å². The van der Waals surface area contributed by atoms with Gasteiger partial charge < -0.3 is 9.80 Å². The molecule has 0 radical (unpaired) electrons. The zero-order valence-electron chi connectivity index (χ0n) is 10.9. The number of rotatable bonds is 1. The maximum Gasteiger partial charge on any atom is 0.101 e. The standard InChI is InChI=1S/C14H18ClN3/c1-11-10-17(2)6-3-7-18(11)13-5-4-12(9-16)14(15)8-13/h4-5,8,11H,3,6-7,10H2,1-2H3. The quantitative estimate of drug-likeness (QED) is 0.781. The van der Waals surface area contributed by atoms with Crippen LogP contribution in [0.25, 0.3) is 0 Å². The summed E-state index contributed by atoms with van der Waals surface area (Å²) in [5, 5.41) is 9.44. The average Bonchev–Trinajstić information content (AvgIpc) is 2.50. The number of hydrogen-bond donors (Lipinski definition) is 0. The van der Waals surface area contributed by atoms with E-state index in [1.165, 1.54) is 0 Å². The molecule has 0 spiro atoms. The van der Waals surface area contributed by atoms with Gasteiger partial charge in [0.2, 0.25) is 0 Å². The van der Waals surface area contributed by atoms with Crippen LogP contribution >= 0.6 is 11.6 Å². The van der Waals surface area contributed by atoms with Crippen molar-refractivity contribution < 1.29 is 0 Å². The van der Waals surface area contributed by atoms with Gasteiger partial charge in [0, 0.05) is 24.8 Å². The Morgan fingerprint density at radius 3 is 2.83 bits per heavy atom. The molecule has 96 valence electrons. The van der Waals surface area contributed by atoms with Crippen molar-refractivity contribution in [3.63, 3.8) is 0 Å². The number of benzene rings is 1. The van der Waals surface area contributed by atoms with Gasteiger partial charge >= 0.3 is 0 Å². The summed E-state index contributed by atoms with van der Waals surface area (Å²) < 4.78 is 0. The Morgan fingerprint density at radius 1 is 1.39 bits per heavy atom. The zero-order chi connectivity index (χ0) is 13.1. The Morgan fingerprint density at radius 2 is 2.17 bits per heavy atom. The summed E-state index contributed by atoms with van der Waals surface area (Å²) in [6.07, 6.45) is 1.15. The van der Waals surface area contributed by atoms with Gasteiger partial charge in [0.05, 0.1) is 10.6 Å². The van der Waals surface area contributed by atoms with Gasteiger partial charge in [-0.25, -0.2) is 0 Å². The maximum atomic E-state index is 8.90. The first-order chi connectivity index (χ1) is 8.61. The van der Waals surface area contributed by atoms with Crippen LogP contribution in [0.2, 0.25) is 5.02 Å². The number of halogens is 1. The molecule has 1 aromatic carbocycles. The maximum absolute atomic E-state index is 8.90. The monoisotopic (exact) mass is 263 g/mol. The first kappa shape index (κ1) is 13.2. The molecule has 18 heavy (non-hydrogen) atoms. The Balaban J connectivity index is 2.25. The van der Waals surface area contributed by atoms with E-state index in [0.29, 0.717) is 16.6 Å². The van der Waals surface area contributed by atoms with Gasteiger partial charge in [0.1, 0.15) is 6.07 Å². The van der Waals surface area contributed by atoms with E-state index >= 15 is 0 Å². The molecule has 1 aliphatic rings. The summed E-state index contributed by atoms with van der Waals surface area (Å²) in [6.45, 7) is 5.45. The molecular weight excluding hydrogens is 246 g/mol. The third-order valence-electron chi connectivity index (χ3n) is 3.45. The fourth-order valence-electron chi connectivity index (χ4n) is 2.53. The molecule has 4 heteroatoms. The summed E-state index contributed by atoms with van der Waals surface area (Å²) in [7, 11) is 2.16. The molecular formula is C14H18ClN3. The van der Waals surface area contributed by atoms with Crippen LogP contribution < -0.4 is 4.90 Å². The van der Waals surface area contributed by atoms with Gasteiger partial charge in [-0.2, -0.15) is 5.26 Å². The third-order valence-corrected chi connectivity index (χ3v) is 3.76. The topological polar surface area (TPSA) is 30.3 Å². The molecule has 1 heterocycles. The average molecular weight is 264 g/mol. The second-order valence-electron chi connectivity index (χ2n) is 4.93. The largest absolute Gasteiger partial charge is 0.367 e. The molecule has 3 nitrogen and oxygen atoms in total. The van der Waals surface area contributed by atoms with E-state index in [1.807, 2.05) is 12.1 Å². The molecule has 1 aliphatic heterocycles.